The molecule has 0 atom stereocenters. The molecule has 0 spiro atoms. The summed E-state index contributed by atoms with van der Waals surface area (Å²) < 4.78 is 0. The van der Waals surface area contributed by atoms with Gasteiger partial charge in [0.05, 0.1) is 30.0 Å². The van der Waals surface area contributed by atoms with E-state index < -0.39 is 0 Å². The number of hydrogen-bond acceptors (Lipinski definition) is 8. The average molecular weight is 324 g/mol. The summed E-state index contributed by atoms with van der Waals surface area (Å²) >= 11 is 0. The molecule has 0 aromatic carbocycles. The van der Waals surface area contributed by atoms with Gasteiger partial charge in [-0.05, 0) is 31.8 Å². The van der Waals surface area contributed by atoms with Crippen LogP contribution >= 0.6 is 0 Å². The van der Waals surface area contributed by atoms with Gasteiger partial charge >= 0.3 is 0 Å². The van der Waals surface area contributed by atoms with Crippen molar-refractivity contribution < 1.29 is 0 Å². The summed E-state index contributed by atoms with van der Waals surface area (Å²) in [4.78, 5) is 12.3. The van der Waals surface area contributed by atoms with E-state index in [4.69, 9.17) is 11.0 Å². The van der Waals surface area contributed by atoms with Crippen LogP contribution in [0.25, 0.3) is 0 Å². The summed E-state index contributed by atoms with van der Waals surface area (Å²) in [5, 5.41) is 18.6. The van der Waals surface area contributed by atoms with Crippen molar-refractivity contribution in [2.24, 2.45) is 5.92 Å². The Morgan fingerprint density at radius 3 is 2.67 bits per heavy atom. The zero-order valence-corrected chi connectivity index (χ0v) is 13.3. The van der Waals surface area contributed by atoms with E-state index in [0.29, 0.717) is 23.2 Å². The molecule has 3 rings (SSSR count). The molecule has 2 aromatic rings. The number of anilines is 4. The van der Waals surface area contributed by atoms with Crippen LogP contribution in [0.4, 0.5) is 23.0 Å². The Morgan fingerprint density at radius 1 is 1.17 bits per heavy atom. The summed E-state index contributed by atoms with van der Waals surface area (Å²) in [5.74, 6) is 1.80. The third-order valence-electron chi connectivity index (χ3n) is 4.00. The van der Waals surface area contributed by atoms with Crippen LogP contribution in [-0.4, -0.2) is 34.6 Å². The molecule has 1 aliphatic rings. The van der Waals surface area contributed by atoms with E-state index in [-0.39, 0.29) is 5.69 Å². The van der Waals surface area contributed by atoms with Gasteiger partial charge in [0.25, 0.3) is 0 Å². The van der Waals surface area contributed by atoms with Crippen LogP contribution in [-0.2, 0) is 0 Å². The SMILES string of the molecule is N#Cc1cnc(Nc2cc(NCC3CCNCC3)c(N)cn2)cn1. The molecule has 0 aliphatic carbocycles. The maximum atomic E-state index is 8.74. The van der Waals surface area contributed by atoms with Gasteiger partial charge in [0, 0.05) is 12.6 Å². The molecule has 0 saturated carbocycles. The molecule has 1 saturated heterocycles. The standard InChI is InChI=1S/C16H20N8/c17-6-12-8-22-16(10-20-12)24-15-5-14(13(18)9-23-15)21-7-11-1-3-19-4-2-11/h5,8-11,19H,1-4,7,18H2,(H2,21,22,23,24). The molecule has 24 heavy (non-hydrogen) atoms. The second-order valence-corrected chi connectivity index (χ2v) is 5.75. The monoisotopic (exact) mass is 324 g/mol. The number of nitrogen functional groups attached to an aromatic ring is 1. The molecular formula is C16H20N8. The number of nitrogens with one attached hydrogen (secondary N) is 3. The van der Waals surface area contributed by atoms with Gasteiger partial charge in [0.2, 0.25) is 0 Å². The Bertz CT molecular complexity index is 716. The Balaban J connectivity index is 1.65. The molecule has 8 nitrogen and oxygen atoms in total. The fourth-order valence-electron chi connectivity index (χ4n) is 2.61. The highest BCUT2D eigenvalue weighted by atomic mass is 15.1. The van der Waals surface area contributed by atoms with Gasteiger partial charge in [-0.25, -0.2) is 15.0 Å². The second-order valence-electron chi connectivity index (χ2n) is 5.75. The summed E-state index contributed by atoms with van der Waals surface area (Å²) in [6.45, 7) is 3.04. The van der Waals surface area contributed by atoms with Crippen molar-refractivity contribution in [3.05, 3.63) is 30.4 Å². The van der Waals surface area contributed by atoms with Crippen molar-refractivity contribution in [2.45, 2.75) is 12.8 Å². The number of piperidine rings is 1. The lowest BCUT2D eigenvalue weighted by atomic mass is 9.98. The number of aromatic nitrogens is 3. The Hall–Kier alpha value is -2.92. The second kappa shape index (κ2) is 7.57. The predicted octanol–water partition coefficient (Wildman–Crippen LogP) is 1.48. The first-order valence-corrected chi connectivity index (χ1v) is 7.94. The van der Waals surface area contributed by atoms with Crippen LogP contribution in [0.5, 0.6) is 0 Å². The molecule has 1 aliphatic heterocycles. The van der Waals surface area contributed by atoms with Crippen molar-refractivity contribution in [3.63, 3.8) is 0 Å². The topological polar surface area (TPSA) is 125 Å². The van der Waals surface area contributed by atoms with Gasteiger partial charge < -0.3 is 21.7 Å². The van der Waals surface area contributed by atoms with Gasteiger partial charge in [-0.1, -0.05) is 0 Å². The average Bonchev–Trinajstić information content (AvgIpc) is 2.63. The van der Waals surface area contributed by atoms with Crippen molar-refractivity contribution in [1.82, 2.24) is 20.3 Å². The highest BCUT2D eigenvalue weighted by Gasteiger charge is 2.13. The minimum Gasteiger partial charge on any atom is -0.396 e. The third-order valence-corrected chi connectivity index (χ3v) is 4.00. The van der Waals surface area contributed by atoms with E-state index in [1.165, 1.54) is 25.2 Å². The molecule has 8 heteroatoms. The Labute approximate surface area is 140 Å². The van der Waals surface area contributed by atoms with E-state index in [0.717, 1.165) is 25.3 Å². The van der Waals surface area contributed by atoms with Crippen molar-refractivity contribution in [2.75, 3.05) is 36.0 Å². The number of nitriles is 1. The van der Waals surface area contributed by atoms with Crippen LogP contribution in [0.2, 0.25) is 0 Å². The van der Waals surface area contributed by atoms with E-state index in [1.807, 2.05) is 12.1 Å². The highest BCUT2D eigenvalue weighted by molar-refractivity contribution is 5.70. The lowest BCUT2D eigenvalue weighted by Crippen LogP contribution is -2.31. The number of nitrogens with two attached hydrogens (primary N) is 1. The number of rotatable bonds is 5. The minimum absolute atomic E-state index is 0.273. The zero-order chi connectivity index (χ0) is 16.8. The van der Waals surface area contributed by atoms with Gasteiger partial charge in [0.1, 0.15) is 17.7 Å². The largest absolute Gasteiger partial charge is 0.396 e. The van der Waals surface area contributed by atoms with E-state index in [1.54, 1.807) is 6.20 Å². The summed E-state index contributed by atoms with van der Waals surface area (Å²) in [6, 6.07) is 3.79. The minimum atomic E-state index is 0.273. The number of hydrogen-bond donors (Lipinski definition) is 4. The van der Waals surface area contributed by atoms with Crippen LogP contribution in [0, 0.1) is 17.2 Å². The maximum absolute atomic E-state index is 8.74. The van der Waals surface area contributed by atoms with E-state index >= 15 is 0 Å². The van der Waals surface area contributed by atoms with Crippen LogP contribution < -0.4 is 21.7 Å². The van der Waals surface area contributed by atoms with Gasteiger partial charge in [-0.3, -0.25) is 0 Å². The van der Waals surface area contributed by atoms with Crippen molar-refractivity contribution >= 4 is 23.0 Å². The van der Waals surface area contributed by atoms with Gasteiger partial charge in [0.15, 0.2) is 5.69 Å². The maximum Gasteiger partial charge on any atom is 0.158 e. The summed E-state index contributed by atoms with van der Waals surface area (Å²) in [6.07, 6.45) is 6.87. The van der Waals surface area contributed by atoms with Crippen LogP contribution in [0.15, 0.2) is 24.7 Å². The number of nitrogens with zero attached hydrogens (tertiary/aromatic N) is 4. The summed E-state index contributed by atoms with van der Waals surface area (Å²) in [7, 11) is 0. The molecule has 0 radical (unpaired) electrons. The third kappa shape index (κ3) is 4.08. The normalized spacial score (nSPS) is 14.8. The molecule has 124 valence electrons. The van der Waals surface area contributed by atoms with Crippen molar-refractivity contribution in [1.29, 1.82) is 5.26 Å². The van der Waals surface area contributed by atoms with Gasteiger partial charge in [-0.15, -0.1) is 0 Å². The first kappa shape index (κ1) is 16.0. The molecule has 2 aromatic heterocycles. The first-order valence-electron chi connectivity index (χ1n) is 7.94. The fourth-order valence-corrected chi connectivity index (χ4v) is 2.61. The lowest BCUT2D eigenvalue weighted by Gasteiger charge is -2.23. The molecule has 0 amide bonds. The van der Waals surface area contributed by atoms with Crippen LogP contribution in [0.1, 0.15) is 18.5 Å². The molecule has 1 fully saturated rings. The fraction of sp³-hybridized carbons (Fsp3) is 0.375. The Morgan fingerprint density at radius 2 is 1.96 bits per heavy atom. The molecular weight excluding hydrogens is 304 g/mol. The quantitative estimate of drug-likeness (QED) is 0.652. The van der Waals surface area contributed by atoms with E-state index in [9.17, 15) is 0 Å². The highest BCUT2D eigenvalue weighted by Crippen LogP contribution is 2.23. The molecule has 3 heterocycles. The van der Waals surface area contributed by atoms with Crippen molar-refractivity contribution in [3.8, 4) is 6.07 Å². The molecule has 0 unspecified atom stereocenters. The zero-order valence-electron chi connectivity index (χ0n) is 13.3. The summed E-state index contributed by atoms with van der Waals surface area (Å²) in [5.41, 5.74) is 7.75. The van der Waals surface area contributed by atoms with Gasteiger partial charge in [-0.2, -0.15) is 5.26 Å². The Kier molecular flexibility index (Phi) is 5.03. The lowest BCUT2D eigenvalue weighted by molar-refractivity contribution is 0.390. The predicted molar refractivity (Wildman–Crippen MR) is 92.8 cm³/mol. The van der Waals surface area contributed by atoms with Crippen LogP contribution in [0.3, 0.4) is 0 Å². The van der Waals surface area contributed by atoms with E-state index in [2.05, 4.69) is 30.9 Å². The first-order chi connectivity index (χ1) is 11.7. The number of pyridine rings is 1. The molecule has 0 bridgehead atoms. The smallest absolute Gasteiger partial charge is 0.158 e. The molecule has 5 N–H and O–H groups in total.